The first-order valence-corrected chi connectivity index (χ1v) is 9.03. The number of benzene rings is 1. The molecule has 0 bridgehead atoms. The highest BCUT2D eigenvalue weighted by atomic mass is 35.5. The van der Waals surface area contributed by atoms with Crippen molar-refractivity contribution in [2.24, 2.45) is 0 Å². The summed E-state index contributed by atoms with van der Waals surface area (Å²) in [6.07, 6.45) is 1.42. The van der Waals surface area contributed by atoms with Crippen molar-refractivity contribution in [2.75, 3.05) is 36.4 Å². The Morgan fingerprint density at radius 1 is 1.14 bits per heavy atom. The zero-order valence-electron chi connectivity index (χ0n) is 15.2. The number of aromatic nitrogens is 1. The molecule has 1 saturated heterocycles. The van der Waals surface area contributed by atoms with Crippen molar-refractivity contribution in [1.29, 1.82) is 0 Å². The van der Waals surface area contributed by atoms with E-state index in [1.54, 1.807) is 23.1 Å². The Kier molecular flexibility index (Phi) is 5.79. The van der Waals surface area contributed by atoms with Gasteiger partial charge in [0.05, 0.1) is 11.9 Å². The number of halogens is 1. The van der Waals surface area contributed by atoms with Gasteiger partial charge >= 0.3 is 5.97 Å². The molecule has 9 heteroatoms. The predicted molar refractivity (Wildman–Crippen MR) is 105 cm³/mol. The van der Waals surface area contributed by atoms with Gasteiger partial charge in [0.2, 0.25) is 5.91 Å². The van der Waals surface area contributed by atoms with Gasteiger partial charge in [-0.1, -0.05) is 17.7 Å². The molecule has 8 nitrogen and oxygen atoms in total. The van der Waals surface area contributed by atoms with Crippen LogP contribution in [0.2, 0.25) is 5.02 Å². The Morgan fingerprint density at radius 3 is 2.46 bits per heavy atom. The summed E-state index contributed by atoms with van der Waals surface area (Å²) in [4.78, 5) is 43.3. The molecule has 2 heterocycles. The maximum absolute atomic E-state index is 12.3. The highest BCUT2D eigenvalue weighted by Gasteiger charge is 2.24. The number of hydrogen-bond donors (Lipinski definition) is 2. The highest BCUT2D eigenvalue weighted by molar-refractivity contribution is 6.31. The van der Waals surface area contributed by atoms with E-state index in [1.807, 2.05) is 4.90 Å². The van der Waals surface area contributed by atoms with E-state index in [1.165, 1.54) is 25.3 Å². The third-order valence-electron chi connectivity index (χ3n) is 4.47. The molecule has 0 radical (unpaired) electrons. The molecule has 0 aliphatic carbocycles. The number of nitrogens with one attached hydrogen (secondary N) is 1. The van der Waals surface area contributed by atoms with Crippen LogP contribution in [0.25, 0.3) is 0 Å². The van der Waals surface area contributed by atoms with Gasteiger partial charge in [0, 0.05) is 43.7 Å². The van der Waals surface area contributed by atoms with Crippen LogP contribution in [0.4, 0.5) is 11.5 Å². The monoisotopic (exact) mass is 402 g/mol. The normalized spacial score (nSPS) is 13.9. The minimum atomic E-state index is -1.14. The van der Waals surface area contributed by atoms with Gasteiger partial charge in [-0.15, -0.1) is 0 Å². The van der Waals surface area contributed by atoms with Crippen LogP contribution in [0, 0.1) is 0 Å². The van der Waals surface area contributed by atoms with E-state index >= 15 is 0 Å². The van der Waals surface area contributed by atoms with Gasteiger partial charge < -0.3 is 20.2 Å². The van der Waals surface area contributed by atoms with Gasteiger partial charge in [0.25, 0.3) is 5.91 Å². The molecular weight excluding hydrogens is 384 g/mol. The van der Waals surface area contributed by atoms with Crippen LogP contribution in [0.1, 0.15) is 27.6 Å². The molecule has 0 atom stereocenters. The molecule has 1 aromatic carbocycles. The molecule has 0 spiro atoms. The van der Waals surface area contributed by atoms with E-state index < -0.39 is 11.9 Å². The van der Waals surface area contributed by atoms with E-state index in [9.17, 15) is 19.5 Å². The molecule has 2 N–H and O–H groups in total. The Hall–Kier alpha value is -3.13. The van der Waals surface area contributed by atoms with Crippen molar-refractivity contribution >= 4 is 40.9 Å². The summed E-state index contributed by atoms with van der Waals surface area (Å²) in [6.45, 7) is 3.49. The Bertz CT molecular complexity index is 926. The second-order valence-corrected chi connectivity index (χ2v) is 6.79. The predicted octanol–water partition coefficient (Wildman–Crippen LogP) is 2.35. The lowest BCUT2D eigenvalue weighted by Crippen LogP contribution is -2.48. The standard InChI is InChI=1S/C19H19ClN4O4/c1-12(25)23-5-7-24(8-6-23)17-16(19(27)28)10-15(11-21-17)22-18(26)13-3-2-4-14(20)9-13/h2-4,9-11H,5-8H2,1H3,(H,22,26)(H,27,28). The molecule has 1 aromatic heterocycles. The number of anilines is 2. The lowest BCUT2D eigenvalue weighted by molar-refractivity contribution is -0.129. The number of rotatable bonds is 4. The Labute approximate surface area is 166 Å². The van der Waals surface area contributed by atoms with Crippen LogP contribution in [0.15, 0.2) is 36.5 Å². The first kappa shape index (κ1) is 19.6. The lowest BCUT2D eigenvalue weighted by atomic mass is 10.2. The number of carboxylic acid groups (broad SMARTS) is 1. The summed E-state index contributed by atoms with van der Waals surface area (Å²) < 4.78 is 0. The van der Waals surface area contributed by atoms with Crippen molar-refractivity contribution in [3.63, 3.8) is 0 Å². The van der Waals surface area contributed by atoms with E-state index in [0.29, 0.717) is 42.6 Å². The zero-order chi connectivity index (χ0) is 20.3. The zero-order valence-corrected chi connectivity index (χ0v) is 15.9. The number of amides is 2. The third kappa shape index (κ3) is 4.40. The number of piperazine rings is 1. The average molecular weight is 403 g/mol. The Balaban J connectivity index is 1.79. The van der Waals surface area contributed by atoms with Gasteiger partial charge in [-0.25, -0.2) is 9.78 Å². The quantitative estimate of drug-likeness (QED) is 0.813. The number of pyridine rings is 1. The molecule has 2 amide bonds. The summed E-state index contributed by atoms with van der Waals surface area (Å²) in [5.41, 5.74) is 0.613. The van der Waals surface area contributed by atoms with Crippen molar-refractivity contribution in [3.05, 3.63) is 52.7 Å². The van der Waals surface area contributed by atoms with Crippen LogP contribution in [-0.4, -0.2) is 59.0 Å². The maximum atomic E-state index is 12.3. The second-order valence-electron chi connectivity index (χ2n) is 6.36. The van der Waals surface area contributed by atoms with Gasteiger partial charge in [-0.05, 0) is 24.3 Å². The molecule has 1 aliphatic rings. The van der Waals surface area contributed by atoms with E-state index in [4.69, 9.17) is 11.6 Å². The molecule has 1 fully saturated rings. The smallest absolute Gasteiger partial charge is 0.339 e. The average Bonchev–Trinajstić information content (AvgIpc) is 2.68. The van der Waals surface area contributed by atoms with E-state index in [2.05, 4.69) is 10.3 Å². The number of hydrogen-bond acceptors (Lipinski definition) is 5. The van der Waals surface area contributed by atoms with Crippen molar-refractivity contribution < 1.29 is 19.5 Å². The molecule has 146 valence electrons. The summed E-state index contributed by atoms with van der Waals surface area (Å²) >= 11 is 5.90. The number of nitrogens with zero attached hydrogens (tertiary/aromatic N) is 3. The highest BCUT2D eigenvalue weighted by Crippen LogP contribution is 2.23. The fourth-order valence-electron chi connectivity index (χ4n) is 3.00. The van der Waals surface area contributed by atoms with Crippen LogP contribution in [-0.2, 0) is 4.79 Å². The number of aromatic carboxylic acids is 1. The molecule has 0 saturated carbocycles. The number of carbonyl (C=O) groups is 3. The fourth-order valence-corrected chi connectivity index (χ4v) is 3.19. The molecule has 28 heavy (non-hydrogen) atoms. The minimum absolute atomic E-state index is 0.00913. The molecule has 2 aromatic rings. The first-order valence-electron chi connectivity index (χ1n) is 8.66. The lowest BCUT2D eigenvalue weighted by Gasteiger charge is -2.35. The number of carboxylic acids is 1. The van der Waals surface area contributed by atoms with Gasteiger partial charge in [0.1, 0.15) is 11.4 Å². The van der Waals surface area contributed by atoms with Crippen LogP contribution < -0.4 is 10.2 Å². The van der Waals surface area contributed by atoms with Crippen LogP contribution in [0.3, 0.4) is 0 Å². The van der Waals surface area contributed by atoms with Crippen molar-refractivity contribution in [3.8, 4) is 0 Å². The van der Waals surface area contributed by atoms with Gasteiger partial charge in [-0.2, -0.15) is 0 Å². The molecule has 3 rings (SSSR count). The first-order chi connectivity index (χ1) is 13.3. The second kappa shape index (κ2) is 8.26. The van der Waals surface area contributed by atoms with Crippen molar-refractivity contribution in [1.82, 2.24) is 9.88 Å². The molecular formula is C19H19ClN4O4. The SMILES string of the molecule is CC(=O)N1CCN(c2ncc(NC(=O)c3cccc(Cl)c3)cc2C(=O)O)CC1. The summed E-state index contributed by atoms with van der Waals surface area (Å²) in [5.74, 6) is -1.25. The van der Waals surface area contributed by atoms with E-state index in [-0.39, 0.29) is 17.2 Å². The minimum Gasteiger partial charge on any atom is -0.478 e. The fraction of sp³-hybridized carbons (Fsp3) is 0.263. The largest absolute Gasteiger partial charge is 0.478 e. The topological polar surface area (TPSA) is 103 Å². The maximum Gasteiger partial charge on any atom is 0.339 e. The summed E-state index contributed by atoms with van der Waals surface area (Å²) in [6, 6.07) is 7.82. The van der Waals surface area contributed by atoms with Gasteiger partial charge in [0.15, 0.2) is 0 Å². The third-order valence-corrected chi connectivity index (χ3v) is 4.70. The number of carbonyl (C=O) groups excluding carboxylic acids is 2. The summed E-state index contributed by atoms with van der Waals surface area (Å²) in [7, 11) is 0. The molecule has 1 aliphatic heterocycles. The van der Waals surface area contributed by atoms with Crippen LogP contribution in [0.5, 0.6) is 0 Å². The van der Waals surface area contributed by atoms with E-state index in [0.717, 1.165) is 0 Å². The van der Waals surface area contributed by atoms with Gasteiger partial charge in [-0.3, -0.25) is 9.59 Å². The molecule has 0 unspecified atom stereocenters. The van der Waals surface area contributed by atoms with Crippen LogP contribution >= 0.6 is 11.6 Å². The van der Waals surface area contributed by atoms with Crippen molar-refractivity contribution in [2.45, 2.75) is 6.92 Å². The Morgan fingerprint density at radius 2 is 1.86 bits per heavy atom. The summed E-state index contributed by atoms with van der Waals surface area (Å²) in [5, 5.41) is 12.7.